The first-order valence-electron chi connectivity index (χ1n) is 7.77. The fourth-order valence-electron chi connectivity index (χ4n) is 2.46. The van der Waals surface area contributed by atoms with E-state index in [0.29, 0.717) is 31.9 Å². The number of aromatic nitrogens is 2. The lowest BCUT2D eigenvalue weighted by Gasteiger charge is -2.22. The number of amides is 2. The fraction of sp³-hybridized carbons (Fsp3) is 0.714. The van der Waals surface area contributed by atoms with Crippen molar-refractivity contribution in [3.8, 4) is 0 Å². The number of nitrogens with one attached hydrogen (secondary N) is 1. The van der Waals surface area contributed by atoms with Gasteiger partial charge in [0.05, 0.1) is 0 Å². The molecule has 0 atom stereocenters. The molecule has 0 unspecified atom stereocenters. The smallest absolute Gasteiger partial charge is 0.317 e. The molecule has 1 aromatic rings. The molecule has 0 radical (unpaired) electrons. The molecule has 2 heterocycles. The Hall–Kier alpha value is -1.61. The van der Waals surface area contributed by atoms with Crippen LogP contribution in [0.4, 0.5) is 4.79 Å². The second kappa shape index (κ2) is 6.88. The van der Waals surface area contributed by atoms with E-state index in [4.69, 9.17) is 0 Å². The van der Waals surface area contributed by atoms with E-state index in [9.17, 15) is 13.2 Å². The van der Waals surface area contributed by atoms with Crippen molar-refractivity contribution >= 4 is 16.1 Å². The Bertz CT molecular complexity index is 648. The van der Waals surface area contributed by atoms with Crippen LogP contribution >= 0.6 is 0 Å². The summed E-state index contributed by atoms with van der Waals surface area (Å²) < 4.78 is 28.5. The second-order valence-corrected chi connectivity index (χ2v) is 7.97. The third-order valence-corrected chi connectivity index (χ3v) is 5.62. The monoisotopic (exact) mass is 343 g/mol. The van der Waals surface area contributed by atoms with Crippen molar-refractivity contribution in [2.24, 2.45) is 7.05 Å². The second-order valence-electron chi connectivity index (χ2n) is 6.09. The van der Waals surface area contributed by atoms with Gasteiger partial charge in [-0.25, -0.2) is 18.2 Å². The zero-order chi connectivity index (χ0) is 17.2. The molecule has 1 N–H and O–H groups in total. The van der Waals surface area contributed by atoms with E-state index in [1.807, 2.05) is 13.8 Å². The van der Waals surface area contributed by atoms with Gasteiger partial charge in [0, 0.05) is 45.5 Å². The molecule has 9 heteroatoms. The molecule has 130 valence electrons. The Morgan fingerprint density at radius 2 is 1.96 bits per heavy atom. The molecule has 1 fully saturated rings. The van der Waals surface area contributed by atoms with Crippen molar-refractivity contribution in [1.82, 2.24) is 24.1 Å². The molecule has 0 aromatic carbocycles. The number of urea groups is 1. The first-order chi connectivity index (χ1) is 10.7. The molecule has 23 heavy (non-hydrogen) atoms. The molecule has 0 spiro atoms. The van der Waals surface area contributed by atoms with Crippen LogP contribution in [0.3, 0.4) is 0 Å². The predicted molar refractivity (Wildman–Crippen MR) is 86.6 cm³/mol. The number of imidazole rings is 1. The van der Waals surface area contributed by atoms with Gasteiger partial charge in [-0.2, -0.15) is 4.31 Å². The van der Waals surface area contributed by atoms with Crippen LogP contribution in [0.2, 0.25) is 0 Å². The molecule has 1 aliphatic heterocycles. The van der Waals surface area contributed by atoms with Crippen LogP contribution in [0.5, 0.6) is 0 Å². The molecule has 0 bridgehead atoms. The van der Waals surface area contributed by atoms with Crippen molar-refractivity contribution in [3.05, 3.63) is 12.0 Å². The van der Waals surface area contributed by atoms with Crippen molar-refractivity contribution in [1.29, 1.82) is 0 Å². The summed E-state index contributed by atoms with van der Waals surface area (Å²) in [5, 5.41) is 2.91. The van der Waals surface area contributed by atoms with Crippen LogP contribution in [-0.2, 0) is 17.1 Å². The van der Waals surface area contributed by atoms with Gasteiger partial charge in [-0.3, -0.25) is 0 Å². The van der Waals surface area contributed by atoms with Crippen LogP contribution in [0, 0.1) is 6.92 Å². The topological polar surface area (TPSA) is 87.5 Å². The minimum Gasteiger partial charge on any atom is -0.337 e. The van der Waals surface area contributed by atoms with Gasteiger partial charge in [-0.05, 0) is 27.2 Å². The number of rotatable bonds is 3. The minimum absolute atomic E-state index is 0.0575. The normalized spacial score (nSPS) is 17.3. The third kappa shape index (κ3) is 4.03. The van der Waals surface area contributed by atoms with E-state index in [1.165, 1.54) is 10.5 Å². The molecule has 2 rings (SSSR count). The lowest BCUT2D eigenvalue weighted by Crippen LogP contribution is -2.44. The van der Waals surface area contributed by atoms with Crippen LogP contribution in [-0.4, -0.2) is 65.4 Å². The van der Waals surface area contributed by atoms with Crippen LogP contribution in [0.15, 0.2) is 11.2 Å². The van der Waals surface area contributed by atoms with E-state index in [-0.39, 0.29) is 23.6 Å². The van der Waals surface area contributed by atoms with Crippen molar-refractivity contribution < 1.29 is 13.2 Å². The van der Waals surface area contributed by atoms with E-state index >= 15 is 0 Å². The number of carbonyl (C=O) groups excluding carboxylic acids is 1. The Labute approximate surface area is 137 Å². The molecular formula is C14H25N5O3S. The minimum atomic E-state index is -3.62. The van der Waals surface area contributed by atoms with E-state index in [0.717, 1.165) is 0 Å². The van der Waals surface area contributed by atoms with Crippen molar-refractivity contribution in [3.63, 3.8) is 0 Å². The summed E-state index contributed by atoms with van der Waals surface area (Å²) in [6.07, 6.45) is 2.13. The summed E-state index contributed by atoms with van der Waals surface area (Å²) in [6.45, 7) is 7.16. The molecule has 1 saturated heterocycles. The zero-order valence-corrected chi connectivity index (χ0v) is 14.9. The number of carbonyl (C=O) groups is 1. The predicted octanol–water partition coefficient (Wildman–Crippen LogP) is 0.543. The number of hydrogen-bond donors (Lipinski definition) is 1. The van der Waals surface area contributed by atoms with Gasteiger partial charge in [0.1, 0.15) is 5.82 Å². The summed E-state index contributed by atoms with van der Waals surface area (Å²) in [5.74, 6) is 0.649. The van der Waals surface area contributed by atoms with Crippen LogP contribution < -0.4 is 5.32 Å². The van der Waals surface area contributed by atoms with Crippen molar-refractivity contribution in [2.45, 2.75) is 38.3 Å². The molecule has 2 amide bonds. The third-order valence-electron chi connectivity index (χ3n) is 3.84. The average molecular weight is 343 g/mol. The van der Waals surface area contributed by atoms with Gasteiger partial charge in [0.2, 0.25) is 0 Å². The highest BCUT2D eigenvalue weighted by Gasteiger charge is 2.30. The Morgan fingerprint density at radius 3 is 2.52 bits per heavy atom. The summed E-state index contributed by atoms with van der Waals surface area (Å²) in [4.78, 5) is 17.9. The van der Waals surface area contributed by atoms with Crippen LogP contribution in [0.25, 0.3) is 0 Å². The fourth-order valence-corrected chi connectivity index (χ4v) is 3.95. The molecule has 0 saturated carbocycles. The van der Waals surface area contributed by atoms with Crippen LogP contribution in [0.1, 0.15) is 26.1 Å². The number of aryl methyl sites for hydroxylation is 2. The van der Waals surface area contributed by atoms with E-state index in [2.05, 4.69) is 10.3 Å². The molecule has 1 aromatic heterocycles. The summed E-state index contributed by atoms with van der Waals surface area (Å²) >= 11 is 0. The van der Waals surface area contributed by atoms with E-state index < -0.39 is 10.0 Å². The highest BCUT2D eigenvalue weighted by molar-refractivity contribution is 7.89. The maximum absolute atomic E-state index is 12.7. The lowest BCUT2D eigenvalue weighted by atomic mass is 10.4. The largest absolute Gasteiger partial charge is 0.337 e. The SMILES string of the molecule is Cc1nc(S(=O)(=O)N2CCCN(C(=O)NC(C)C)CC2)cn1C. The van der Waals surface area contributed by atoms with Crippen molar-refractivity contribution in [2.75, 3.05) is 26.2 Å². The summed E-state index contributed by atoms with van der Waals surface area (Å²) in [5.41, 5.74) is 0. The quantitative estimate of drug-likeness (QED) is 0.868. The first-order valence-corrected chi connectivity index (χ1v) is 9.21. The number of hydrogen-bond acceptors (Lipinski definition) is 4. The average Bonchev–Trinajstić information content (AvgIpc) is 2.67. The standard InChI is InChI=1S/C14H25N5O3S/c1-11(2)15-14(20)18-6-5-7-19(9-8-18)23(21,22)13-10-17(4)12(3)16-13/h10-11H,5-9H2,1-4H3,(H,15,20). The van der Waals surface area contributed by atoms with Gasteiger partial charge in [0.15, 0.2) is 5.03 Å². The number of nitrogens with zero attached hydrogens (tertiary/aromatic N) is 4. The summed E-state index contributed by atoms with van der Waals surface area (Å²) in [7, 11) is -1.85. The maximum Gasteiger partial charge on any atom is 0.317 e. The molecule has 8 nitrogen and oxygen atoms in total. The molecule has 0 aliphatic carbocycles. The highest BCUT2D eigenvalue weighted by Crippen LogP contribution is 2.17. The van der Waals surface area contributed by atoms with Gasteiger partial charge in [0.25, 0.3) is 10.0 Å². The Kier molecular flexibility index (Phi) is 5.30. The zero-order valence-electron chi connectivity index (χ0n) is 14.1. The highest BCUT2D eigenvalue weighted by atomic mass is 32.2. The Balaban J connectivity index is 2.09. The van der Waals surface area contributed by atoms with Gasteiger partial charge >= 0.3 is 6.03 Å². The number of sulfonamides is 1. The molecular weight excluding hydrogens is 318 g/mol. The van der Waals surface area contributed by atoms with Gasteiger partial charge in [-0.1, -0.05) is 0 Å². The van der Waals surface area contributed by atoms with Gasteiger partial charge < -0.3 is 14.8 Å². The van der Waals surface area contributed by atoms with E-state index in [1.54, 1.807) is 23.4 Å². The molecule has 1 aliphatic rings. The Morgan fingerprint density at radius 1 is 1.26 bits per heavy atom. The lowest BCUT2D eigenvalue weighted by molar-refractivity contribution is 0.198. The van der Waals surface area contributed by atoms with Gasteiger partial charge in [-0.15, -0.1) is 0 Å². The first kappa shape index (κ1) is 17.7. The maximum atomic E-state index is 12.7. The summed E-state index contributed by atoms with van der Waals surface area (Å²) in [6, 6.07) is -0.0880.